The fourth-order valence-electron chi connectivity index (χ4n) is 2.37. The Morgan fingerprint density at radius 1 is 1.09 bits per heavy atom. The van der Waals surface area contributed by atoms with Gasteiger partial charge in [-0.25, -0.2) is 4.79 Å². The van der Waals surface area contributed by atoms with Crippen LogP contribution in [0.4, 0.5) is 0 Å². The predicted molar refractivity (Wildman–Crippen MR) is 83.9 cm³/mol. The number of ether oxygens (including phenoxy) is 1. The number of hydrogen-bond donors (Lipinski definition) is 2. The molecule has 2 rings (SSSR count). The molecule has 0 spiro atoms. The molecular formula is C18H20O4. The molecule has 22 heavy (non-hydrogen) atoms. The minimum atomic E-state index is -1.39. The van der Waals surface area contributed by atoms with Crippen LogP contribution in [0.2, 0.25) is 0 Å². The summed E-state index contributed by atoms with van der Waals surface area (Å²) in [4.78, 5) is 10.9. The summed E-state index contributed by atoms with van der Waals surface area (Å²) in [7, 11) is 0. The van der Waals surface area contributed by atoms with E-state index in [1.807, 2.05) is 37.3 Å². The van der Waals surface area contributed by atoms with Gasteiger partial charge in [0.05, 0.1) is 0 Å². The van der Waals surface area contributed by atoms with Crippen molar-refractivity contribution < 1.29 is 19.7 Å². The van der Waals surface area contributed by atoms with E-state index in [1.165, 1.54) is 0 Å². The zero-order valence-electron chi connectivity index (χ0n) is 12.5. The molecule has 2 aromatic carbocycles. The molecule has 0 aliphatic rings. The van der Waals surface area contributed by atoms with Gasteiger partial charge in [-0.3, -0.25) is 0 Å². The highest BCUT2D eigenvalue weighted by molar-refractivity contribution is 5.73. The lowest BCUT2D eigenvalue weighted by Gasteiger charge is -2.19. The van der Waals surface area contributed by atoms with Crippen molar-refractivity contribution in [2.45, 2.75) is 32.0 Å². The number of aliphatic hydroxyl groups is 1. The minimum absolute atomic E-state index is 0.416. The summed E-state index contributed by atoms with van der Waals surface area (Å²) in [5.41, 5.74) is 1.88. The maximum Gasteiger partial charge on any atom is 0.333 e. The molecule has 2 N–H and O–H groups in total. The lowest BCUT2D eigenvalue weighted by atomic mass is 9.91. The van der Waals surface area contributed by atoms with Crippen LogP contribution < -0.4 is 4.74 Å². The molecule has 0 amide bonds. The minimum Gasteiger partial charge on any atom is -0.489 e. The van der Waals surface area contributed by atoms with Crippen LogP contribution in [-0.2, 0) is 11.4 Å². The van der Waals surface area contributed by atoms with Crippen molar-refractivity contribution in [1.29, 1.82) is 0 Å². The first-order chi connectivity index (χ1) is 10.6. The van der Waals surface area contributed by atoms with Gasteiger partial charge in [0.25, 0.3) is 0 Å². The van der Waals surface area contributed by atoms with Crippen LogP contribution in [0.1, 0.15) is 30.4 Å². The third kappa shape index (κ3) is 4.09. The van der Waals surface area contributed by atoms with Gasteiger partial charge >= 0.3 is 5.97 Å². The summed E-state index contributed by atoms with van der Waals surface area (Å²) < 4.78 is 5.69. The van der Waals surface area contributed by atoms with E-state index in [4.69, 9.17) is 9.84 Å². The third-order valence-corrected chi connectivity index (χ3v) is 3.63. The monoisotopic (exact) mass is 300 g/mol. The quantitative estimate of drug-likeness (QED) is 0.824. The molecule has 0 fully saturated rings. The van der Waals surface area contributed by atoms with E-state index in [1.54, 1.807) is 24.3 Å². The van der Waals surface area contributed by atoms with E-state index in [-0.39, 0.29) is 0 Å². The summed E-state index contributed by atoms with van der Waals surface area (Å²) in [6.07, 6.45) is -0.835. The van der Waals surface area contributed by atoms with Crippen molar-refractivity contribution in [3.05, 3.63) is 65.7 Å². The van der Waals surface area contributed by atoms with Crippen molar-refractivity contribution in [3.8, 4) is 5.75 Å². The van der Waals surface area contributed by atoms with E-state index in [0.717, 1.165) is 11.1 Å². The van der Waals surface area contributed by atoms with Crippen LogP contribution in [0.25, 0.3) is 0 Å². The first-order valence-corrected chi connectivity index (χ1v) is 7.29. The molecule has 0 heterocycles. The van der Waals surface area contributed by atoms with Crippen LogP contribution in [0, 0.1) is 0 Å². The molecule has 0 saturated carbocycles. The smallest absolute Gasteiger partial charge is 0.333 e. The molecule has 4 heteroatoms. The van der Waals surface area contributed by atoms with Crippen LogP contribution in [0.15, 0.2) is 54.6 Å². The summed E-state index contributed by atoms with van der Waals surface area (Å²) in [6, 6.07) is 17.1. The Balaban J connectivity index is 2.01. The first kappa shape index (κ1) is 16.0. The van der Waals surface area contributed by atoms with Crippen LogP contribution in [0.5, 0.6) is 5.75 Å². The first-order valence-electron chi connectivity index (χ1n) is 7.29. The van der Waals surface area contributed by atoms with Crippen LogP contribution in [-0.4, -0.2) is 22.3 Å². The lowest BCUT2D eigenvalue weighted by Crippen LogP contribution is -2.27. The van der Waals surface area contributed by atoms with Crippen molar-refractivity contribution in [2.75, 3.05) is 0 Å². The largest absolute Gasteiger partial charge is 0.489 e. The molecule has 0 radical (unpaired) electrons. The number of hydrogen-bond acceptors (Lipinski definition) is 3. The molecular weight excluding hydrogens is 280 g/mol. The molecule has 4 nitrogen and oxygen atoms in total. The molecule has 2 unspecified atom stereocenters. The van der Waals surface area contributed by atoms with Gasteiger partial charge in [0.2, 0.25) is 0 Å². The molecule has 2 aromatic rings. The van der Waals surface area contributed by atoms with Gasteiger partial charge < -0.3 is 14.9 Å². The maximum absolute atomic E-state index is 10.9. The number of carboxylic acids is 1. The van der Waals surface area contributed by atoms with E-state index < -0.39 is 18.0 Å². The van der Waals surface area contributed by atoms with E-state index >= 15 is 0 Å². The molecule has 0 aromatic heterocycles. The topological polar surface area (TPSA) is 66.8 Å². The van der Waals surface area contributed by atoms with E-state index in [2.05, 4.69) is 0 Å². The van der Waals surface area contributed by atoms with Gasteiger partial charge in [-0.05, 0) is 29.7 Å². The van der Waals surface area contributed by atoms with Crippen LogP contribution >= 0.6 is 0 Å². The second kappa shape index (κ2) is 7.61. The Bertz CT molecular complexity index is 592. The van der Waals surface area contributed by atoms with Gasteiger partial charge in [0, 0.05) is 5.92 Å². The van der Waals surface area contributed by atoms with Crippen LogP contribution in [0.3, 0.4) is 0 Å². The number of carboxylic acid groups (broad SMARTS) is 1. The summed E-state index contributed by atoms with van der Waals surface area (Å²) in [5.74, 6) is -0.899. The Morgan fingerprint density at radius 3 is 2.27 bits per heavy atom. The van der Waals surface area contributed by atoms with Crippen molar-refractivity contribution in [1.82, 2.24) is 0 Å². The van der Waals surface area contributed by atoms with Gasteiger partial charge in [0.1, 0.15) is 12.4 Å². The molecule has 2 atom stereocenters. The number of aliphatic hydroxyl groups excluding tert-OH is 1. The SMILES string of the molecule is CCC(c1ccc(OCc2ccccc2)cc1)C(O)C(=O)O. The predicted octanol–water partition coefficient (Wildman–Crippen LogP) is 3.20. The fourth-order valence-corrected chi connectivity index (χ4v) is 2.37. The fraction of sp³-hybridized carbons (Fsp3) is 0.278. The maximum atomic E-state index is 10.9. The Kier molecular flexibility index (Phi) is 5.55. The Labute approximate surface area is 130 Å². The number of rotatable bonds is 7. The summed E-state index contributed by atoms with van der Waals surface area (Å²) in [6.45, 7) is 2.34. The highest BCUT2D eigenvalue weighted by Gasteiger charge is 2.25. The third-order valence-electron chi connectivity index (χ3n) is 3.63. The van der Waals surface area contributed by atoms with Crippen molar-refractivity contribution in [3.63, 3.8) is 0 Å². The Morgan fingerprint density at radius 2 is 1.73 bits per heavy atom. The molecule has 0 aliphatic carbocycles. The highest BCUT2D eigenvalue weighted by atomic mass is 16.5. The molecule has 0 aliphatic heterocycles. The summed E-state index contributed by atoms with van der Waals surface area (Å²) >= 11 is 0. The van der Waals surface area contributed by atoms with Gasteiger partial charge in [-0.1, -0.05) is 49.4 Å². The highest BCUT2D eigenvalue weighted by Crippen LogP contribution is 2.26. The summed E-state index contributed by atoms with van der Waals surface area (Å²) in [5, 5.41) is 18.7. The van der Waals surface area contributed by atoms with Crippen molar-refractivity contribution in [2.24, 2.45) is 0 Å². The van der Waals surface area contributed by atoms with E-state index in [9.17, 15) is 9.90 Å². The second-order valence-corrected chi connectivity index (χ2v) is 5.14. The van der Waals surface area contributed by atoms with Gasteiger partial charge in [-0.2, -0.15) is 0 Å². The van der Waals surface area contributed by atoms with Gasteiger partial charge in [-0.15, -0.1) is 0 Å². The zero-order valence-corrected chi connectivity index (χ0v) is 12.5. The number of carbonyl (C=O) groups is 1. The standard InChI is InChI=1S/C18H20O4/c1-2-16(17(19)18(20)21)14-8-10-15(11-9-14)22-12-13-6-4-3-5-7-13/h3-11,16-17,19H,2,12H2,1H3,(H,20,21). The molecule has 0 saturated heterocycles. The number of aliphatic carboxylic acids is 1. The second-order valence-electron chi connectivity index (χ2n) is 5.14. The molecule has 0 bridgehead atoms. The number of benzene rings is 2. The molecule has 116 valence electrons. The van der Waals surface area contributed by atoms with E-state index in [0.29, 0.717) is 18.8 Å². The average Bonchev–Trinajstić information content (AvgIpc) is 2.55. The Hall–Kier alpha value is -2.33. The average molecular weight is 300 g/mol. The van der Waals surface area contributed by atoms with Crippen molar-refractivity contribution >= 4 is 5.97 Å². The lowest BCUT2D eigenvalue weighted by molar-refractivity contribution is -0.147. The van der Waals surface area contributed by atoms with Gasteiger partial charge in [0.15, 0.2) is 6.10 Å². The normalized spacial score (nSPS) is 13.4. The zero-order chi connectivity index (χ0) is 15.9.